The van der Waals surface area contributed by atoms with Crippen LogP contribution in [0.1, 0.15) is 6.42 Å². The fourth-order valence-corrected chi connectivity index (χ4v) is 2.87. The Labute approximate surface area is 160 Å². The number of para-hydroxylation sites is 1. The summed E-state index contributed by atoms with van der Waals surface area (Å²) in [6.45, 7) is -0.355. The maximum atomic E-state index is 12.2. The molecular formula is C19H17N3O6. The minimum atomic E-state index is -0.654. The number of nitro groups is 1. The second-order valence-electron chi connectivity index (χ2n) is 6.20. The third-order valence-electron chi connectivity index (χ3n) is 4.21. The zero-order chi connectivity index (χ0) is 20.1. The lowest BCUT2D eigenvalue weighted by molar-refractivity contribution is -0.384. The molecule has 2 amide bonds. The van der Waals surface area contributed by atoms with Gasteiger partial charge in [-0.2, -0.15) is 0 Å². The fraction of sp³-hybridized carbons (Fsp3) is 0.211. The molecule has 1 saturated heterocycles. The third kappa shape index (κ3) is 4.50. The van der Waals surface area contributed by atoms with Gasteiger partial charge < -0.3 is 15.0 Å². The van der Waals surface area contributed by atoms with Gasteiger partial charge in [-0.3, -0.25) is 24.5 Å². The average Bonchev–Trinajstić information content (AvgIpc) is 3.09. The van der Waals surface area contributed by atoms with Crippen LogP contribution < -0.4 is 10.2 Å². The highest BCUT2D eigenvalue weighted by Gasteiger charge is 2.36. The Balaban J connectivity index is 1.51. The van der Waals surface area contributed by atoms with E-state index in [0.29, 0.717) is 5.69 Å². The van der Waals surface area contributed by atoms with E-state index in [-0.39, 0.29) is 30.2 Å². The predicted octanol–water partition coefficient (Wildman–Crippen LogP) is 2.13. The van der Waals surface area contributed by atoms with E-state index in [2.05, 4.69) is 5.32 Å². The average molecular weight is 383 g/mol. The monoisotopic (exact) mass is 383 g/mol. The third-order valence-corrected chi connectivity index (χ3v) is 4.21. The van der Waals surface area contributed by atoms with Crippen LogP contribution in [0.25, 0.3) is 0 Å². The van der Waals surface area contributed by atoms with Crippen molar-refractivity contribution in [1.29, 1.82) is 0 Å². The molecular weight excluding hydrogens is 366 g/mol. The zero-order valence-electron chi connectivity index (χ0n) is 14.7. The van der Waals surface area contributed by atoms with E-state index in [4.69, 9.17) is 4.74 Å². The number of nitrogens with one attached hydrogen (secondary N) is 1. The maximum Gasteiger partial charge on any atom is 0.311 e. The lowest BCUT2D eigenvalue weighted by atomic mass is 10.1. The molecule has 2 aromatic rings. The Hall–Kier alpha value is -3.75. The summed E-state index contributed by atoms with van der Waals surface area (Å²) in [4.78, 5) is 47.9. The molecule has 0 aliphatic carbocycles. The van der Waals surface area contributed by atoms with Crippen molar-refractivity contribution in [2.75, 3.05) is 23.4 Å². The summed E-state index contributed by atoms with van der Waals surface area (Å²) < 4.78 is 5.01. The van der Waals surface area contributed by atoms with Gasteiger partial charge in [0.25, 0.3) is 11.6 Å². The van der Waals surface area contributed by atoms with Crippen LogP contribution in [-0.4, -0.2) is 35.9 Å². The number of nitro benzene ring substituents is 1. The summed E-state index contributed by atoms with van der Waals surface area (Å²) in [7, 11) is 0. The number of amides is 2. The van der Waals surface area contributed by atoms with Gasteiger partial charge in [-0.05, 0) is 18.2 Å². The summed E-state index contributed by atoms with van der Waals surface area (Å²) in [6.07, 6.45) is 0.0141. The molecule has 1 N–H and O–H groups in total. The molecule has 1 atom stereocenters. The number of hydrogen-bond donors (Lipinski definition) is 1. The lowest BCUT2D eigenvalue weighted by Gasteiger charge is -2.16. The van der Waals surface area contributed by atoms with E-state index in [1.165, 1.54) is 29.2 Å². The molecule has 9 heteroatoms. The first-order valence-electron chi connectivity index (χ1n) is 8.50. The van der Waals surface area contributed by atoms with E-state index < -0.39 is 29.3 Å². The van der Waals surface area contributed by atoms with Crippen LogP contribution in [-0.2, 0) is 19.1 Å². The van der Waals surface area contributed by atoms with E-state index in [1.54, 1.807) is 24.3 Å². The maximum absolute atomic E-state index is 12.2. The Kier molecular flexibility index (Phi) is 5.64. The van der Waals surface area contributed by atoms with Gasteiger partial charge in [0.1, 0.15) is 0 Å². The van der Waals surface area contributed by atoms with E-state index in [1.807, 2.05) is 6.07 Å². The summed E-state index contributed by atoms with van der Waals surface area (Å²) in [5, 5.41) is 13.2. The number of hydrogen-bond acceptors (Lipinski definition) is 6. The molecule has 2 aromatic carbocycles. The van der Waals surface area contributed by atoms with Crippen LogP contribution in [0.5, 0.6) is 0 Å². The molecule has 3 rings (SSSR count). The van der Waals surface area contributed by atoms with E-state index in [0.717, 1.165) is 0 Å². The second kappa shape index (κ2) is 8.30. The summed E-state index contributed by atoms with van der Waals surface area (Å²) in [5.41, 5.74) is 0.757. The van der Waals surface area contributed by atoms with Gasteiger partial charge in [0.15, 0.2) is 6.61 Å². The first-order valence-corrected chi connectivity index (χ1v) is 8.50. The first kappa shape index (κ1) is 19.0. The standard InChI is InChI=1S/C19H17N3O6/c23-17(20-14-5-4-8-16(10-14)22(26)27)12-28-19(25)13-9-18(24)21(11-13)15-6-2-1-3-7-15/h1-8,10,13H,9,11-12H2,(H,20,23)/t13-/m1/s1. The molecule has 9 nitrogen and oxygen atoms in total. The van der Waals surface area contributed by atoms with Crippen LogP contribution in [0.3, 0.4) is 0 Å². The van der Waals surface area contributed by atoms with Gasteiger partial charge in [0.2, 0.25) is 5.91 Å². The molecule has 1 heterocycles. The van der Waals surface area contributed by atoms with Gasteiger partial charge >= 0.3 is 5.97 Å². The van der Waals surface area contributed by atoms with Crippen LogP contribution in [0, 0.1) is 16.0 Å². The van der Waals surface area contributed by atoms with Crippen molar-refractivity contribution in [3.8, 4) is 0 Å². The van der Waals surface area contributed by atoms with Crippen molar-refractivity contribution < 1.29 is 24.0 Å². The number of anilines is 2. The van der Waals surface area contributed by atoms with E-state index >= 15 is 0 Å². The quantitative estimate of drug-likeness (QED) is 0.464. The topological polar surface area (TPSA) is 119 Å². The minimum Gasteiger partial charge on any atom is -0.455 e. The number of carbonyl (C=O) groups is 3. The van der Waals surface area contributed by atoms with Crippen molar-refractivity contribution in [3.05, 3.63) is 64.7 Å². The molecule has 28 heavy (non-hydrogen) atoms. The van der Waals surface area contributed by atoms with Crippen molar-refractivity contribution in [2.45, 2.75) is 6.42 Å². The van der Waals surface area contributed by atoms with Gasteiger partial charge in [0, 0.05) is 36.5 Å². The first-order chi connectivity index (χ1) is 13.4. The fourth-order valence-electron chi connectivity index (χ4n) is 2.87. The molecule has 1 aliphatic rings. The number of esters is 1. The van der Waals surface area contributed by atoms with Crippen molar-refractivity contribution >= 4 is 34.8 Å². The number of ether oxygens (including phenoxy) is 1. The molecule has 1 fully saturated rings. The zero-order valence-corrected chi connectivity index (χ0v) is 14.7. The van der Waals surface area contributed by atoms with Crippen LogP contribution in [0.2, 0.25) is 0 Å². The molecule has 0 spiro atoms. The molecule has 0 radical (unpaired) electrons. The number of nitrogens with zero attached hydrogens (tertiary/aromatic N) is 2. The van der Waals surface area contributed by atoms with Crippen LogP contribution in [0.15, 0.2) is 54.6 Å². The predicted molar refractivity (Wildman–Crippen MR) is 99.6 cm³/mol. The van der Waals surface area contributed by atoms with Crippen molar-refractivity contribution in [1.82, 2.24) is 0 Å². The Morgan fingerprint density at radius 1 is 1.18 bits per heavy atom. The smallest absolute Gasteiger partial charge is 0.311 e. The number of carbonyl (C=O) groups excluding carboxylic acids is 3. The normalized spacial score (nSPS) is 15.9. The van der Waals surface area contributed by atoms with Gasteiger partial charge in [-0.1, -0.05) is 24.3 Å². The van der Waals surface area contributed by atoms with Gasteiger partial charge in [-0.15, -0.1) is 0 Å². The Morgan fingerprint density at radius 2 is 1.93 bits per heavy atom. The molecule has 144 valence electrons. The van der Waals surface area contributed by atoms with Gasteiger partial charge in [-0.25, -0.2) is 0 Å². The highest BCUT2D eigenvalue weighted by atomic mass is 16.6. The van der Waals surface area contributed by atoms with Gasteiger partial charge in [0.05, 0.1) is 10.8 Å². The summed E-state index contributed by atoms with van der Waals surface area (Å²) in [5.74, 6) is -2.11. The second-order valence-corrected chi connectivity index (χ2v) is 6.20. The minimum absolute atomic E-state index is 0.0141. The molecule has 1 aliphatic heterocycles. The number of benzene rings is 2. The lowest BCUT2D eigenvalue weighted by Crippen LogP contribution is -2.28. The summed E-state index contributed by atoms with van der Waals surface area (Å²) >= 11 is 0. The molecule has 0 saturated carbocycles. The highest BCUT2D eigenvalue weighted by molar-refractivity contribution is 6.00. The summed E-state index contributed by atoms with van der Waals surface area (Å²) in [6, 6.07) is 14.4. The highest BCUT2D eigenvalue weighted by Crippen LogP contribution is 2.25. The molecule has 0 bridgehead atoms. The van der Waals surface area contributed by atoms with Crippen molar-refractivity contribution in [3.63, 3.8) is 0 Å². The molecule has 0 aromatic heterocycles. The van der Waals surface area contributed by atoms with Crippen LogP contribution in [0.4, 0.5) is 17.1 Å². The molecule has 0 unspecified atom stereocenters. The largest absolute Gasteiger partial charge is 0.455 e. The number of non-ortho nitro benzene ring substituents is 1. The SMILES string of the molecule is O=C(COC(=O)[C@@H]1CC(=O)N(c2ccccc2)C1)Nc1cccc([N+](=O)[O-])c1. The van der Waals surface area contributed by atoms with Crippen LogP contribution >= 0.6 is 0 Å². The van der Waals surface area contributed by atoms with Crippen molar-refractivity contribution in [2.24, 2.45) is 5.92 Å². The Bertz CT molecular complexity index is 915. The Morgan fingerprint density at radius 3 is 2.64 bits per heavy atom. The van der Waals surface area contributed by atoms with E-state index in [9.17, 15) is 24.5 Å². The number of rotatable bonds is 6.